The van der Waals surface area contributed by atoms with E-state index in [1.165, 1.54) is 4.90 Å². The van der Waals surface area contributed by atoms with Gasteiger partial charge in [-0.2, -0.15) is 0 Å². The SMILES string of the molecule is O=C1NC(=O)C(Br)(Br)C2OCC3OC(CC3F)N12. The van der Waals surface area contributed by atoms with E-state index < -0.39 is 39.9 Å². The summed E-state index contributed by atoms with van der Waals surface area (Å²) >= 11 is 6.37. The second-order valence-electron chi connectivity index (χ2n) is 4.36. The second kappa shape index (κ2) is 4.12. The van der Waals surface area contributed by atoms with Crippen LogP contribution in [-0.4, -0.2) is 51.4 Å². The van der Waals surface area contributed by atoms with Gasteiger partial charge in [-0.05, 0) is 0 Å². The molecule has 4 atom stereocenters. The lowest BCUT2D eigenvalue weighted by molar-refractivity contribution is -0.134. The average molecular weight is 388 g/mol. The maximum atomic E-state index is 13.6. The van der Waals surface area contributed by atoms with E-state index in [-0.39, 0.29) is 13.0 Å². The lowest BCUT2D eigenvalue weighted by Gasteiger charge is -2.43. The Balaban J connectivity index is 1.96. The highest BCUT2D eigenvalue weighted by Gasteiger charge is 2.58. The van der Waals surface area contributed by atoms with E-state index >= 15 is 0 Å². The number of hydrogen-bond acceptors (Lipinski definition) is 4. The van der Waals surface area contributed by atoms with E-state index in [1.54, 1.807) is 0 Å². The lowest BCUT2D eigenvalue weighted by atomic mass is 10.1. The van der Waals surface area contributed by atoms with E-state index in [9.17, 15) is 14.0 Å². The molecule has 0 saturated carbocycles. The zero-order valence-corrected chi connectivity index (χ0v) is 12.1. The van der Waals surface area contributed by atoms with Gasteiger partial charge in [0.1, 0.15) is 18.5 Å². The highest BCUT2D eigenvalue weighted by molar-refractivity contribution is 9.26. The largest absolute Gasteiger partial charge is 0.352 e. The molecule has 3 fully saturated rings. The summed E-state index contributed by atoms with van der Waals surface area (Å²) in [5.74, 6) is -0.552. The van der Waals surface area contributed by atoms with Gasteiger partial charge in [-0.25, -0.2) is 9.18 Å². The summed E-state index contributed by atoms with van der Waals surface area (Å²) in [6, 6.07) is -0.640. The molecule has 9 heteroatoms. The van der Waals surface area contributed by atoms with Crippen molar-refractivity contribution in [2.24, 2.45) is 0 Å². The van der Waals surface area contributed by atoms with Crippen LogP contribution in [-0.2, 0) is 14.3 Å². The number of nitrogens with zero attached hydrogens (tertiary/aromatic N) is 1. The summed E-state index contributed by atoms with van der Waals surface area (Å²) in [6.45, 7) is -0.00164. The van der Waals surface area contributed by atoms with Gasteiger partial charge in [-0.3, -0.25) is 15.0 Å². The molecule has 0 radical (unpaired) electrons. The molecule has 0 spiro atoms. The minimum atomic E-state index is -1.26. The van der Waals surface area contributed by atoms with Gasteiger partial charge >= 0.3 is 6.03 Å². The number of urea groups is 1. The molecule has 3 rings (SSSR count). The average Bonchev–Trinajstić information content (AvgIpc) is 2.52. The van der Waals surface area contributed by atoms with Gasteiger partial charge in [0.05, 0.1) is 6.61 Å². The van der Waals surface area contributed by atoms with Gasteiger partial charge in [0, 0.05) is 6.42 Å². The number of alkyl halides is 3. The first-order valence-electron chi connectivity index (χ1n) is 5.34. The van der Waals surface area contributed by atoms with Crippen LogP contribution in [0.25, 0.3) is 0 Å². The van der Waals surface area contributed by atoms with Crippen LogP contribution in [0.15, 0.2) is 0 Å². The fourth-order valence-electron chi connectivity index (χ4n) is 2.30. The number of fused-ring (bicyclic) bond motifs is 4. The maximum absolute atomic E-state index is 13.6. The molecule has 3 saturated heterocycles. The summed E-state index contributed by atoms with van der Waals surface area (Å²) in [7, 11) is 0. The Hall–Kier alpha value is -0.250. The molecule has 4 unspecified atom stereocenters. The van der Waals surface area contributed by atoms with Gasteiger partial charge in [0.2, 0.25) is 3.23 Å². The van der Waals surface area contributed by atoms with E-state index in [2.05, 4.69) is 37.2 Å². The topological polar surface area (TPSA) is 67.9 Å². The van der Waals surface area contributed by atoms with Crippen LogP contribution in [0.2, 0.25) is 0 Å². The van der Waals surface area contributed by atoms with E-state index in [4.69, 9.17) is 9.47 Å². The first-order chi connectivity index (χ1) is 8.41. The highest BCUT2D eigenvalue weighted by atomic mass is 79.9. The summed E-state index contributed by atoms with van der Waals surface area (Å²) in [5.41, 5.74) is 0. The molecule has 3 heterocycles. The van der Waals surface area contributed by atoms with Crippen LogP contribution in [0.3, 0.4) is 0 Å². The van der Waals surface area contributed by atoms with Gasteiger partial charge in [0.15, 0.2) is 6.23 Å². The molecular weight excluding hydrogens is 379 g/mol. The zero-order valence-electron chi connectivity index (χ0n) is 8.94. The normalized spacial score (nSPS) is 42.3. The summed E-state index contributed by atoms with van der Waals surface area (Å²) in [4.78, 5) is 24.8. The predicted molar refractivity (Wildman–Crippen MR) is 63.9 cm³/mol. The van der Waals surface area contributed by atoms with Crippen molar-refractivity contribution in [2.75, 3.05) is 6.61 Å². The molecule has 1 N–H and O–H groups in total. The van der Waals surface area contributed by atoms with E-state index in [1.807, 2.05) is 0 Å². The second-order valence-corrected chi connectivity index (χ2v) is 7.92. The summed E-state index contributed by atoms with van der Waals surface area (Å²) in [6.07, 6.45) is -3.37. The van der Waals surface area contributed by atoms with Crippen LogP contribution in [0.4, 0.5) is 9.18 Å². The van der Waals surface area contributed by atoms with Crippen molar-refractivity contribution in [3.05, 3.63) is 0 Å². The number of carbonyl (C=O) groups is 2. The number of amides is 3. The Morgan fingerprint density at radius 3 is 2.89 bits per heavy atom. The quantitative estimate of drug-likeness (QED) is 0.625. The molecule has 18 heavy (non-hydrogen) atoms. The smallest absolute Gasteiger partial charge is 0.328 e. The standard InChI is InChI=1S/C9H9Br2FN2O4/c10-9(11)6(15)13-8(16)14-5-1-3(12)4(18-5)2-17-7(9)14/h3-5,7H,1-2H2,(H,13,15,16). The molecular formula is C9H9Br2FN2O4. The van der Waals surface area contributed by atoms with Crippen molar-refractivity contribution in [2.45, 2.75) is 34.4 Å². The molecule has 0 aromatic heterocycles. The Labute approximate surface area is 118 Å². The number of halogens is 3. The molecule has 3 aliphatic rings. The first kappa shape index (κ1) is 12.8. The summed E-state index contributed by atoms with van der Waals surface area (Å²) in [5, 5.41) is 2.17. The third-order valence-corrected chi connectivity index (χ3v) is 4.71. The third-order valence-electron chi connectivity index (χ3n) is 3.21. The Kier molecular flexibility index (Phi) is 2.92. The third kappa shape index (κ3) is 1.71. The van der Waals surface area contributed by atoms with Crippen LogP contribution in [0.1, 0.15) is 6.42 Å². The maximum Gasteiger partial charge on any atom is 0.328 e. The molecule has 0 aliphatic carbocycles. The monoisotopic (exact) mass is 386 g/mol. The fraction of sp³-hybridized carbons (Fsp3) is 0.778. The van der Waals surface area contributed by atoms with E-state index in [0.29, 0.717) is 0 Å². The molecule has 0 aromatic rings. The van der Waals surface area contributed by atoms with Crippen molar-refractivity contribution in [3.8, 4) is 0 Å². The van der Waals surface area contributed by atoms with Crippen LogP contribution in [0, 0.1) is 0 Å². The van der Waals surface area contributed by atoms with Crippen LogP contribution < -0.4 is 5.32 Å². The van der Waals surface area contributed by atoms with E-state index in [0.717, 1.165) is 0 Å². The molecule has 0 aromatic carbocycles. The number of ether oxygens (including phenoxy) is 2. The van der Waals surface area contributed by atoms with Gasteiger partial charge in [0.25, 0.3) is 5.91 Å². The number of carbonyl (C=O) groups excluding carboxylic acids is 2. The van der Waals surface area contributed by atoms with Crippen molar-refractivity contribution in [1.29, 1.82) is 0 Å². The van der Waals surface area contributed by atoms with Gasteiger partial charge in [-0.15, -0.1) is 0 Å². The number of nitrogens with one attached hydrogen (secondary N) is 1. The molecule has 100 valence electrons. The zero-order chi connectivity index (χ0) is 13.1. The summed E-state index contributed by atoms with van der Waals surface area (Å²) < 4.78 is 23.2. The Morgan fingerprint density at radius 2 is 2.17 bits per heavy atom. The predicted octanol–water partition coefficient (Wildman–Crippen LogP) is 0.834. The van der Waals surface area contributed by atoms with Crippen LogP contribution >= 0.6 is 31.9 Å². The molecule has 3 amide bonds. The lowest BCUT2D eigenvalue weighted by Crippen LogP contribution is -2.67. The number of hydrogen-bond donors (Lipinski definition) is 1. The Bertz CT molecular complexity index is 421. The molecule has 3 aliphatic heterocycles. The minimum Gasteiger partial charge on any atom is -0.352 e. The van der Waals surface area contributed by atoms with Crippen molar-refractivity contribution < 1.29 is 23.5 Å². The first-order valence-corrected chi connectivity index (χ1v) is 6.92. The number of rotatable bonds is 0. The fourth-order valence-corrected chi connectivity index (χ4v) is 3.20. The molecule has 6 nitrogen and oxygen atoms in total. The minimum absolute atomic E-state index is 0.00164. The van der Waals surface area contributed by atoms with Crippen molar-refractivity contribution in [1.82, 2.24) is 10.2 Å². The van der Waals surface area contributed by atoms with Crippen molar-refractivity contribution in [3.63, 3.8) is 0 Å². The molecule has 2 bridgehead atoms. The van der Waals surface area contributed by atoms with Gasteiger partial charge < -0.3 is 9.47 Å². The Morgan fingerprint density at radius 1 is 1.44 bits per heavy atom. The van der Waals surface area contributed by atoms with Crippen LogP contribution in [0.5, 0.6) is 0 Å². The van der Waals surface area contributed by atoms with Gasteiger partial charge in [-0.1, -0.05) is 31.9 Å². The van der Waals surface area contributed by atoms with Crippen molar-refractivity contribution >= 4 is 43.8 Å². The highest BCUT2D eigenvalue weighted by Crippen LogP contribution is 2.42. The number of imide groups is 1.